The summed E-state index contributed by atoms with van der Waals surface area (Å²) in [5, 5.41) is 0. The first kappa shape index (κ1) is 13.7. The normalized spacial score (nSPS) is 27.5. The van der Waals surface area contributed by atoms with Gasteiger partial charge in [-0.15, -0.1) is 0 Å². The molecule has 0 bridgehead atoms. The SMILES string of the molecule is CN(C)C1CCN(C2(CN)CCSCC2)CC1. The van der Waals surface area contributed by atoms with Crippen LogP contribution in [0.2, 0.25) is 0 Å². The zero-order valence-electron chi connectivity index (χ0n) is 11.3. The van der Waals surface area contributed by atoms with Crippen molar-refractivity contribution < 1.29 is 0 Å². The van der Waals surface area contributed by atoms with E-state index in [1.807, 2.05) is 0 Å². The number of thioether (sulfide) groups is 1. The third kappa shape index (κ3) is 2.98. The lowest BCUT2D eigenvalue weighted by Gasteiger charge is -2.49. The third-order valence-corrected chi connectivity index (χ3v) is 5.65. The first-order chi connectivity index (χ1) is 8.18. The molecule has 0 aromatic rings. The Labute approximate surface area is 110 Å². The van der Waals surface area contributed by atoms with Crippen LogP contribution in [0.25, 0.3) is 0 Å². The molecule has 0 aromatic carbocycles. The number of piperidine rings is 1. The van der Waals surface area contributed by atoms with Crippen LogP contribution in [0.1, 0.15) is 25.7 Å². The summed E-state index contributed by atoms with van der Waals surface area (Å²) in [4.78, 5) is 5.08. The van der Waals surface area contributed by atoms with E-state index in [-0.39, 0.29) is 0 Å². The summed E-state index contributed by atoms with van der Waals surface area (Å²) in [6.45, 7) is 3.33. The van der Waals surface area contributed by atoms with E-state index >= 15 is 0 Å². The van der Waals surface area contributed by atoms with Gasteiger partial charge in [-0.3, -0.25) is 4.90 Å². The molecule has 2 aliphatic rings. The summed E-state index contributed by atoms with van der Waals surface area (Å²) in [7, 11) is 4.41. The standard InChI is InChI=1S/C13H27N3S/c1-15(2)12-3-7-16(8-4-12)13(11-14)5-9-17-10-6-13/h12H,3-11,14H2,1-2H3. The van der Waals surface area contributed by atoms with E-state index in [2.05, 4.69) is 35.7 Å². The Morgan fingerprint density at radius 3 is 2.29 bits per heavy atom. The summed E-state index contributed by atoms with van der Waals surface area (Å²) in [6, 6.07) is 0.777. The van der Waals surface area contributed by atoms with Crippen LogP contribution in [-0.4, -0.2) is 66.6 Å². The van der Waals surface area contributed by atoms with E-state index < -0.39 is 0 Å². The molecule has 0 amide bonds. The van der Waals surface area contributed by atoms with Gasteiger partial charge in [-0.25, -0.2) is 0 Å². The molecule has 2 N–H and O–H groups in total. The van der Waals surface area contributed by atoms with Crippen molar-refractivity contribution in [3.05, 3.63) is 0 Å². The van der Waals surface area contributed by atoms with Crippen LogP contribution in [0.5, 0.6) is 0 Å². The molecule has 0 aliphatic carbocycles. The van der Waals surface area contributed by atoms with Crippen LogP contribution >= 0.6 is 11.8 Å². The van der Waals surface area contributed by atoms with Gasteiger partial charge in [0.15, 0.2) is 0 Å². The van der Waals surface area contributed by atoms with E-state index in [1.165, 1.54) is 50.3 Å². The van der Waals surface area contributed by atoms with Gasteiger partial charge in [0, 0.05) is 31.2 Å². The average Bonchev–Trinajstić information content (AvgIpc) is 2.39. The Morgan fingerprint density at radius 2 is 1.82 bits per heavy atom. The van der Waals surface area contributed by atoms with Crippen molar-refractivity contribution in [1.82, 2.24) is 9.80 Å². The first-order valence-electron chi connectivity index (χ1n) is 6.87. The zero-order valence-corrected chi connectivity index (χ0v) is 12.1. The number of nitrogens with zero attached hydrogens (tertiary/aromatic N) is 2. The van der Waals surface area contributed by atoms with Crippen molar-refractivity contribution >= 4 is 11.8 Å². The van der Waals surface area contributed by atoms with Gasteiger partial charge < -0.3 is 10.6 Å². The second kappa shape index (κ2) is 5.91. The topological polar surface area (TPSA) is 32.5 Å². The van der Waals surface area contributed by atoms with Gasteiger partial charge in [-0.1, -0.05) is 0 Å². The van der Waals surface area contributed by atoms with Gasteiger partial charge in [-0.05, 0) is 51.3 Å². The van der Waals surface area contributed by atoms with Crippen LogP contribution < -0.4 is 5.73 Å². The molecule has 2 aliphatic heterocycles. The summed E-state index contributed by atoms with van der Waals surface area (Å²) in [5.41, 5.74) is 6.44. The lowest BCUT2D eigenvalue weighted by atomic mass is 9.87. The fourth-order valence-electron chi connectivity index (χ4n) is 3.26. The molecule has 0 atom stereocenters. The van der Waals surface area contributed by atoms with Gasteiger partial charge in [-0.2, -0.15) is 11.8 Å². The van der Waals surface area contributed by atoms with Gasteiger partial charge in [0.25, 0.3) is 0 Å². The lowest BCUT2D eigenvalue weighted by molar-refractivity contribution is 0.0390. The maximum atomic E-state index is 6.10. The molecule has 2 heterocycles. The molecular weight excluding hydrogens is 230 g/mol. The summed E-state index contributed by atoms with van der Waals surface area (Å²) in [5.74, 6) is 2.59. The molecule has 2 saturated heterocycles. The first-order valence-corrected chi connectivity index (χ1v) is 8.03. The minimum atomic E-state index is 0.336. The quantitative estimate of drug-likeness (QED) is 0.824. The highest BCUT2D eigenvalue weighted by Gasteiger charge is 2.38. The average molecular weight is 257 g/mol. The number of hydrogen-bond donors (Lipinski definition) is 1. The maximum absolute atomic E-state index is 6.10. The van der Waals surface area contributed by atoms with Crippen LogP contribution in [0.3, 0.4) is 0 Å². The van der Waals surface area contributed by atoms with Crippen molar-refractivity contribution in [2.24, 2.45) is 5.73 Å². The van der Waals surface area contributed by atoms with Gasteiger partial charge in [0.1, 0.15) is 0 Å². The Hall–Kier alpha value is 0.230. The molecule has 17 heavy (non-hydrogen) atoms. The predicted octanol–water partition coefficient (Wildman–Crippen LogP) is 1.24. The highest BCUT2D eigenvalue weighted by atomic mass is 32.2. The van der Waals surface area contributed by atoms with Crippen LogP contribution in [-0.2, 0) is 0 Å². The Morgan fingerprint density at radius 1 is 1.24 bits per heavy atom. The molecule has 0 unspecified atom stereocenters. The van der Waals surface area contributed by atoms with Crippen molar-refractivity contribution in [3.8, 4) is 0 Å². The molecular formula is C13H27N3S. The van der Waals surface area contributed by atoms with Gasteiger partial charge >= 0.3 is 0 Å². The van der Waals surface area contributed by atoms with E-state index in [0.29, 0.717) is 5.54 Å². The molecule has 2 rings (SSSR count). The van der Waals surface area contributed by atoms with Crippen molar-refractivity contribution in [1.29, 1.82) is 0 Å². The Kier molecular flexibility index (Phi) is 4.75. The largest absolute Gasteiger partial charge is 0.329 e. The predicted molar refractivity (Wildman–Crippen MR) is 76.6 cm³/mol. The van der Waals surface area contributed by atoms with E-state index in [0.717, 1.165) is 12.6 Å². The van der Waals surface area contributed by atoms with Crippen molar-refractivity contribution in [2.45, 2.75) is 37.3 Å². The van der Waals surface area contributed by atoms with E-state index in [9.17, 15) is 0 Å². The van der Waals surface area contributed by atoms with Gasteiger partial charge in [0.2, 0.25) is 0 Å². The fourth-order valence-corrected chi connectivity index (χ4v) is 4.51. The van der Waals surface area contributed by atoms with Crippen molar-refractivity contribution in [2.75, 3.05) is 45.2 Å². The third-order valence-electron chi connectivity index (χ3n) is 4.67. The summed E-state index contributed by atoms with van der Waals surface area (Å²) < 4.78 is 0. The lowest BCUT2D eigenvalue weighted by Crippen LogP contribution is -2.59. The summed E-state index contributed by atoms with van der Waals surface area (Å²) >= 11 is 2.09. The van der Waals surface area contributed by atoms with Crippen molar-refractivity contribution in [3.63, 3.8) is 0 Å². The maximum Gasteiger partial charge on any atom is 0.0347 e. The molecule has 4 heteroatoms. The number of nitrogens with two attached hydrogens (primary N) is 1. The Balaban J connectivity index is 1.93. The summed E-state index contributed by atoms with van der Waals surface area (Å²) in [6.07, 6.45) is 5.20. The fraction of sp³-hybridized carbons (Fsp3) is 1.00. The molecule has 3 nitrogen and oxygen atoms in total. The van der Waals surface area contributed by atoms with Crippen LogP contribution in [0, 0.1) is 0 Å². The number of likely N-dealkylation sites (tertiary alicyclic amines) is 1. The monoisotopic (exact) mass is 257 g/mol. The van der Waals surface area contributed by atoms with E-state index in [4.69, 9.17) is 5.73 Å². The molecule has 0 spiro atoms. The number of rotatable bonds is 3. The van der Waals surface area contributed by atoms with E-state index in [1.54, 1.807) is 0 Å². The van der Waals surface area contributed by atoms with Gasteiger partial charge in [0.05, 0.1) is 0 Å². The number of hydrogen-bond acceptors (Lipinski definition) is 4. The zero-order chi connectivity index (χ0) is 12.3. The highest BCUT2D eigenvalue weighted by molar-refractivity contribution is 7.99. The Bertz CT molecular complexity index is 231. The minimum absolute atomic E-state index is 0.336. The second-order valence-electron chi connectivity index (χ2n) is 5.72. The van der Waals surface area contributed by atoms with Crippen LogP contribution in [0.4, 0.5) is 0 Å². The minimum Gasteiger partial charge on any atom is -0.329 e. The molecule has 100 valence electrons. The second-order valence-corrected chi connectivity index (χ2v) is 6.95. The molecule has 0 saturated carbocycles. The van der Waals surface area contributed by atoms with Crippen LogP contribution in [0.15, 0.2) is 0 Å². The molecule has 0 aromatic heterocycles. The molecule has 2 fully saturated rings. The smallest absolute Gasteiger partial charge is 0.0347 e. The highest BCUT2D eigenvalue weighted by Crippen LogP contribution is 2.34. The molecule has 0 radical (unpaired) electrons.